The zero-order valence-electron chi connectivity index (χ0n) is 13.2. The van der Waals surface area contributed by atoms with E-state index >= 15 is 0 Å². The van der Waals surface area contributed by atoms with E-state index in [-0.39, 0.29) is 11.4 Å². The Morgan fingerprint density at radius 2 is 1.73 bits per heavy atom. The van der Waals surface area contributed by atoms with Gasteiger partial charge in [0.15, 0.2) is 0 Å². The molecule has 0 saturated carbocycles. The van der Waals surface area contributed by atoms with E-state index in [9.17, 15) is 20.2 Å². The predicted octanol–water partition coefficient (Wildman–Crippen LogP) is 4.43. The fraction of sp³-hybridized carbons (Fsp3) is 0. The van der Waals surface area contributed by atoms with Crippen molar-refractivity contribution in [3.05, 3.63) is 96.7 Å². The van der Waals surface area contributed by atoms with Gasteiger partial charge in [0, 0.05) is 22.6 Å². The first kappa shape index (κ1) is 17.2. The summed E-state index contributed by atoms with van der Waals surface area (Å²) in [7, 11) is 0. The maximum Gasteiger partial charge on any atom is 0.301 e. The van der Waals surface area contributed by atoms with Crippen molar-refractivity contribution in [1.29, 1.82) is 0 Å². The van der Waals surface area contributed by atoms with E-state index < -0.39 is 15.5 Å². The number of nitro groups is 2. The minimum atomic E-state index is -0.683. The molecule has 3 rings (SSSR count). The molecule has 1 aromatic heterocycles. The number of benzene rings is 2. The molecule has 0 bridgehead atoms. The van der Waals surface area contributed by atoms with E-state index in [1.54, 1.807) is 0 Å². The summed E-state index contributed by atoms with van der Waals surface area (Å²) in [4.78, 5) is 20.7. The van der Waals surface area contributed by atoms with Crippen LogP contribution in [-0.4, -0.2) is 15.6 Å². The van der Waals surface area contributed by atoms with Gasteiger partial charge < -0.3 is 0 Å². The van der Waals surface area contributed by atoms with Gasteiger partial charge in [-0.05, 0) is 17.5 Å². The zero-order valence-corrected chi connectivity index (χ0v) is 14.1. The second kappa shape index (κ2) is 7.53. The number of nitro benzene ring substituents is 2. The molecule has 26 heavy (non-hydrogen) atoms. The number of thiophene rings is 1. The normalized spacial score (nSPS) is 11.2. The maximum atomic E-state index is 11.2. The number of hydrogen-bond donors (Lipinski definition) is 1. The molecular formula is C17H12N4O4S. The summed E-state index contributed by atoms with van der Waals surface area (Å²) in [5.74, 6) is 0. The Hall–Kier alpha value is -3.59. The van der Waals surface area contributed by atoms with Crippen molar-refractivity contribution in [3.63, 3.8) is 0 Å². The molecule has 8 nitrogen and oxygen atoms in total. The molecule has 1 heterocycles. The van der Waals surface area contributed by atoms with Crippen LogP contribution in [-0.2, 0) is 0 Å². The first-order valence-corrected chi connectivity index (χ1v) is 8.35. The Morgan fingerprint density at radius 3 is 2.35 bits per heavy atom. The third kappa shape index (κ3) is 3.73. The highest BCUT2D eigenvalue weighted by atomic mass is 32.1. The van der Waals surface area contributed by atoms with Crippen molar-refractivity contribution < 1.29 is 9.85 Å². The third-order valence-corrected chi connectivity index (χ3v) is 4.20. The molecule has 0 aliphatic carbocycles. The quantitative estimate of drug-likeness (QED) is 0.393. The molecule has 0 saturated heterocycles. The largest absolute Gasteiger partial charge is 0.301 e. The molecule has 0 unspecified atom stereocenters. The van der Waals surface area contributed by atoms with Gasteiger partial charge in [0.25, 0.3) is 5.69 Å². The fourth-order valence-electron chi connectivity index (χ4n) is 2.29. The standard InChI is InChI=1S/C17H12N4O4S/c22-20(23)14-6-7-15(16(10-14)21(24)25)18-19-17(13-8-9-26-11-13)12-4-2-1-3-5-12/h1-11,18H. The molecule has 0 aliphatic heterocycles. The van der Waals surface area contributed by atoms with Gasteiger partial charge in [0.05, 0.1) is 21.6 Å². The van der Waals surface area contributed by atoms with Crippen molar-refractivity contribution in [2.24, 2.45) is 5.10 Å². The summed E-state index contributed by atoms with van der Waals surface area (Å²) >= 11 is 1.51. The lowest BCUT2D eigenvalue weighted by molar-refractivity contribution is -0.393. The summed E-state index contributed by atoms with van der Waals surface area (Å²) in [5.41, 5.74) is 4.29. The van der Waals surface area contributed by atoms with E-state index in [4.69, 9.17) is 0 Å². The van der Waals surface area contributed by atoms with Crippen molar-refractivity contribution >= 4 is 34.1 Å². The number of hydrogen-bond acceptors (Lipinski definition) is 7. The fourth-order valence-corrected chi connectivity index (χ4v) is 2.93. The number of rotatable bonds is 6. The van der Waals surface area contributed by atoms with Crippen molar-refractivity contribution in [3.8, 4) is 0 Å². The monoisotopic (exact) mass is 368 g/mol. The predicted molar refractivity (Wildman–Crippen MR) is 99.8 cm³/mol. The summed E-state index contributed by atoms with van der Waals surface area (Å²) in [6.45, 7) is 0. The lowest BCUT2D eigenvalue weighted by Gasteiger charge is -2.07. The second-order valence-electron chi connectivity index (χ2n) is 5.17. The van der Waals surface area contributed by atoms with E-state index in [2.05, 4.69) is 10.5 Å². The molecule has 0 fully saturated rings. The van der Waals surface area contributed by atoms with Crippen LogP contribution in [0.1, 0.15) is 11.1 Å². The number of anilines is 1. The van der Waals surface area contributed by atoms with Gasteiger partial charge >= 0.3 is 5.69 Å². The van der Waals surface area contributed by atoms with E-state index in [0.717, 1.165) is 17.2 Å². The molecule has 130 valence electrons. The topological polar surface area (TPSA) is 111 Å². The summed E-state index contributed by atoms with van der Waals surface area (Å²) in [6.07, 6.45) is 0. The van der Waals surface area contributed by atoms with Gasteiger partial charge in [-0.25, -0.2) is 0 Å². The van der Waals surface area contributed by atoms with Gasteiger partial charge in [-0.3, -0.25) is 25.7 Å². The molecule has 0 spiro atoms. The van der Waals surface area contributed by atoms with Crippen LogP contribution in [0.25, 0.3) is 0 Å². The SMILES string of the molecule is O=[N+]([O-])c1ccc(NN=C(c2ccccc2)c2ccsc2)c([N+](=O)[O-])c1. The molecule has 3 aromatic rings. The van der Waals surface area contributed by atoms with E-state index in [1.165, 1.54) is 23.5 Å². The van der Waals surface area contributed by atoms with Crippen LogP contribution in [0.5, 0.6) is 0 Å². The Morgan fingerprint density at radius 1 is 0.962 bits per heavy atom. The summed E-state index contributed by atoms with van der Waals surface area (Å²) in [5, 5.41) is 30.2. The van der Waals surface area contributed by atoms with Gasteiger partial charge in [0.1, 0.15) is 5.69 Å². The minimum Gasteiger partial charge on any atom is -0.271 e. The number of nitrogens with zero attached hydrogens (tertiary/aromatic N) is 3. The van der Waals surface area contributed by atoms with Crippen LogP contribution in [0.2, 0.25) is 0 Å². The molecule has 1 N–H and O–H groups in total. The van der Waals surface area contributed by atoms with Crippen molar-refractivity contribution in [1.82, 2.24) is 0 Å². The Balaban J connectivity index is 2.01. The first-order valence-electron chi connectivity index (χ1n) is 7.41. The Kier molecular flexibility index (Phi) is 4.99. The average Bonchev–Trinajstić information content (AvgIpc) is 3.17. The van der Waals surface area contributed by atoms with Crippen LogP contribution >= 0.6 is 11.3 Å². The Labute approximate surface area is 151 Å². The van der Waals surface area contributed by atoms with Crippen LogP contribution < -0.4 is 5.43 Å². The highest BCUT2D eigenvalue weighted by Gasteiger charge is 2.19. The summed E-state index contributed by atoms with van der Waals surface area (Å²) < 4.78 is 0. The first-order chi connectivity index (χ1) is 12.6. The average molecular weight is 368 g/mol. The Bertz CT molecular complexity index is 972. The minimum absolute atomic E-state index is 0.0734. The molecule has 0 radical (unpaired) electrons. The van der Waals surface area contributed by atoms with E-state index in [1.807, 2.05) is 47.2 Å². The second-order valence-corrected chi connectivity index (χ2v) is 5.95. The lowest BCUT2D eigenvalue weighted by Crippen LogP contribution is -2.06. The molecule has 2 aromatic carbocycles. The number of hydrazone groups is 1. The van der Waals surface area contributed by atoms with Gasteiger partial charge in [-0.2, -0.15) is 16.4 Å². The van der Waals surface area contributed by atoms with Gasteiger partial charge in [-0.15, -0.1) is 0 Å². The highest BCUT2D eigenvalue weighted by molar-refractivity contribution is 7.08. The van der Waals surface area contributed by atoms with Crippen LogP contribution in [0, 0.1) is 20.2 Å². The smallest absolute Gasteiger partial charge is 0.271 e. The van der Waals surface area contributed by atoms with Crippen LogP contribution in [0.15, 0.2) is 70.5 Å². The summed E-state index contributed by atoms with van der Waals surface area (Å²) in [6, 6.07) is 14.6. The van der Waals surface area contributed by atoms with Crippen molar-refractivity contribution in [2.75, 3.05) is 5.43 Å². The molecular weight excluding hydrogens is 356 g/mol. The molecule has 0 amide bonds. The van der Waals surface area contributed by atoms with Gasteiger partial charge in [0.2, 0.25) is 0 Å². The molecule has 0 aliphatic rings. The maximum absolute atomic E-state index is 11.2. The van der Waals surface area contributed by atoms with Crippen LogP contribution in [0.3, 0.4) is 0 Å². The molecule has 9 heteroatoms. The third-order valence-electron chi connectivity index (χ3n) is 3.52. The van der Waals surface area contributed by atoms with E-state index in [0.29, 0.717) is 5.71 Å². The molecule has 0 atom stereocenters. The highest BCUT2D eigenvalue weighted by Crippen LogP contribution is 2.29. The van der Waals surface area contributed by atoms with Crippen molar-refractivity contribution in [2.45, 2.75) is 0 Å². The lowest BCUT2D eigenvalue weighted by atomic mass is 10.1. The number of non-ortho nitro benzene ring substituents is 1. The zero-order chi connectivity index (χ0) is 18.5. The van der Waals surface area contributed by atoms with Gasteiger partial charge in [-0.1, -0.05) is 30.3 Å². The number of nitrogens with one attached hydrogen (secondary N) is 1. The van der Waals surface area contributed by atoms with Crippen LogP contribution in [0.4, 0.5) is 17.1 Å².